The molecule has 0 saturated carbocycles. The predicted octanol–water partition coefficient (Wildman–Crippen LogP) is 3.44. The summed E-state index contributed by atoms with van der Waals surface area (Å²) in [5.74, 6) is 1.49. The molecule has 4 nitrogen and oxygen atoms in total. The van der Waals surface area contributed by atoms with Crippen LogP contribution in [0.2, 0.25) is 0 Å². The van der Waals surface area contributed by atoms with E-state index in [2.05, 4.69) is 65.7 Å². The summed E-state index contributed by atoms with van der Waals surface area (Å²) in [6.45, 7) is 13.0. The maximum atomic E-state index is 4.32. The predicted molar refractivity (Wildman–Crippen MR) is 114 cm³/mol. The van der Waals surface area contributed by atoms with Crippen molar-refractivity contribution in [2.45, 2.75) is 40.2 Å². The fourth-order valence-electron chi connectivity index (χ4n) is 2.56. The third-order valence-electron chi connectivity index (χ3n) is 3.97. The van der Waals surface area contributed by atoms with Gasteiger partial charge in [-0.15, -0.1) is 35.3 Å². The van der Waals surface area contributed by atoms with E-state index in [1.54, 1.807) is 0 Å². The van der Waals surface area contributed by atoms with Crippen LogP contribution in [0.4, 0.5) is 0 Å². The van der Waals surface area contributed by atoms with Gasteiger partial charge in [-0.25, -0.2) is 0 Å². The first-order valence-electron chi connectivity index (χ1n) is 8.31. The number of thiophene rings is 1. The molecule has 0 aromatic carbocycles. The van der Waals surface area contributed by atoms with E-state index >= 15 is 0 Å². The molecule has 0 aliphatic rings. The molecule has 0 amide bonds. The lowest BCUT2D eigenvalue weighted by Gasteiger charge is -2.27. The summed E-state index contributed by atoms with van der Waals surface area (Å²) in [6, 6.07) is 4.84. The molecule has 2 atom stereocenters. The van der Waals surface area contributed by atoms with Crippen LogP contribution in [-0.2, 0) is 6.42 Å². The molecule has 6 heteroatoms. The van der Waals surface area contributed by atoms with Crippen LogP contribution in [0.5, 0.6) is 0 Å². The van der Waals surface area contributed by atoms with Crippen LogP contribution in [0, 0.1) is 5.92 Å². The Balaban J connectivity index is 0.00000484. The summed E-state index contributed by atoms with van der Waals surface area (Å²) in [5, 5.41) is 9.01. The van der Waals surface area contributed by atoms with Gasteiger partial charge in [-0.05, 0) is 43.8 Å². The van der Waals surface area contributed by atoms with Gasteiger partial charge in [0.05, 0.1) is 0 Å². The minimum Gasteiger partial charge on any atom is -0.356 e. The van der Waals surface area contributed by atoms with Crippen molar-refractivity contribution in [2.24, 2.45) is 10.9 Å². The van der Waals surface area contributed by atoms with E-state index in [-0.39, 0.29) is 24.0 Å². The average Bonchev–Trinajstić information content (AvgIpc) is 3.01. The molecule has 0 spiro atoms. The highest BCUT2D eigenvalue weighted by Crippen LogP contribution is 2.13. The molecule has 23 heavy (non-hydrogen) atoms. The van der Waals surface area contributed by atoms with Gasteiger partial charge in [-0.3, -0.25) is 9.89 Å². The highest BCUT2D eigenvalue weighted by molar-refractivity contribution is 14.0. The van der Waals surface area contributed by atoms with Crippen LogP contribution >= 0.6 is 35.3 Å². The number of guanidine groups is 1. The molecular formula is C17H33IN4S. The Labute approximate surface area is 163 Å². The summed E-state index contributed by atoms with van der Waals surface area (Å²) in [5.41, 5.74) is 0. The van der Waals surface area contributed by atoms with Gasteiger partial charge in [-0.1, -0.05) is 26.8 Å². The average molecular weight is 452 g/mol. The van der Waals surface area contributed by atoms with Crippen molar-refractivity contribution < 1.29 is 0 Å². The van der Waals surface area contributed by atoms with E-state index in [1.807, 2.05) is 18.4 Å². The second-order valence-electron chi connectivity index (χ2n) is 5.79. The number of aliphatic imine (C=N–C) groups is 1. The van der Waals surface area contributed by atoms with Crippen LogP contribution in [0.15, 0.2) is 22.5 Å². The lowest BCUT2D eigenvalue weighted by atomic mass is 10.1. The van der Waals surface area contributed by atoms with Gasteiger partial charge in [0.2, 0.25) is 0 Å². The van der Waals surface area contributed by atoms with E-state index in [0.717, 1.165) is 38.6 Å². The zero-order valence-electron chi connectivity index (χ0n) is 15.1. The Bertz CT molecular complexity index is 418. The van der Waals surface area contributed by atoms with Gasteiger partial charge >= 0.3 is 0 Å². The molecule has 0 bridgehead atoms. The highest BCUT2D eigenvalue weighted by Gasteiger charge is 2.11. The first-order chi connectivity index (χ1) is 10.6. The second-order valence-corrected chi connectivity index (χ2v) is 6.83. The summed E-state index contributed by atoms with van der Waals surface area (Å²) in [7, 11) is 1.83. The molecule has 0 aliphatic heterocycles. The van der Waals surface area contributed by atoms with Crippen molar-refractivity contribution in [3.8, 4) is 0 Å². The van der Waals surface area contributed by atoms with E-state index in [4.69, 9.17) is 0 Å². The number of rotatable bonds is 9. The smallest absolute Gasteiger partial charge is 0.191 e. The van der Waals surface area contributed by atoms with Crippen molar-refractivity contribution in [1.82, 2.24) is 15.5 Å². The Kier molecular flexibility index (Phi) is 12.8. The van der Waals surface area contributed by atoms with Gasteiger partial charge in [-0.2, -0.15) is 0 Å². The number of likely N-dealkylation sites (N-methyl/N-ethyl adjacent to an activating group) is 1. The standard InChI is InChI=1S/C17H32N4S.HI/c1-6-21(7-2)15(4)13-20-17(18-5)19-12-14(3)11-16-9-8-10-22-16;/h8-10,14-15H,6-7,11-13H2,1-5H3,(H2,18,19,20);1H. The second kappa shape index (κ2) is 13.0. The Morgan fingerprint density at radius 3 is 2.39 bits per heavy atom. The topological polar surface area (TPSA) is 39.7 Å². The Morgan fingerprint density at radius 2 is 1.87 bits per heavy atom. The van der Waals surface area contributed by atoms with Crippen molar-refractivity contribution in [3.63, 3.8) is 0 Å². The van der Waals surface area contributed by atoms with Gasteiger partial charge < -0.3 is 10.6 Å². The highest BCUT2D eigenvalue weighted by atomic mass is 127. The van der Waals surface area contributed by atoms with Crippen LogP contribution in [0.3, 0.4) is 0 Å². The normalized spacial score (nSPS) is 14.3. The summed E-state index contributed by atoms with van der Waals surface area (Å²) in [4.78, 5) is 8.21. The molecule has 134 valence electrons. The number of hydrogen-bond donors (Lipinski definition) is 2. The van der Waals surface area contributed by atoms with E-state index in [9.17, 15) is 0 Å². The van der Waals surface area contributed by atoms with Gasteiger partial charge in [0.15, 0.2) is 5.96 Å². The van der Waals surface area contributed by atoms with E-state index in [1.165, 1.54) is 4.88 Å². The third-order valence-corrected chi connectivity index (χ3v) is 4.87. The Hall–Kier alpha value is -0.340. The summed E-state index contributed by atoms with van der Waals surface area (Å²) < 4.78 is 0. The number of nitrogens with one attached hydrogen (secondary N) is 2. The zero-order valence-corrected chi connectivity index (χ0v) is 18.3. The van der Waals surface area contributed by atoms with Crippen molar-refractivity contribution in [1.29, 1.82) is 0 Å². The van der Waals surface area contributed by atoms with Crippen molar-refractivity contribution >= 4 is 41.3 Å². The molecule has 1 aromatic rings. The zero-order chi connectivity index (χ0) is 16.4. The van der Waals surface area contributed by atoms with Crippen molar-refractivity contribution in [2.75, 3.05) is 33.2 Å². The molecule has 0 aliphatic carbocycles. The molecular weight excluding hydrogens is 419 g/mol. The summed E-state index contributed by atoms with van der Waals surface area (Å²) in [6.07, 6.45) is 1.12. The fourth-order valence-corrected chi connectivity index (χ4v) is 3.43. The molecule has 0 fully saturated rings. The largest absolute Gasteiger partial charge is 0.356 e. The lowest BCUT2D eigenvalue weighted by Crippen LogP contribution is -2.46. The minimum absolute atomic E-state index is 0. The van der Waals surface area contributed by atoms with Crippen LogP contribution < -0.4 is 10.6 Å². The minimum atomic E-state index is 0. The first-order valence-corrected chi connectivity index (χ1v) is 9.19. The SMILES string of the molecule is CCN(CC)C(C)CNC(=NC)NCC(C)Cc1cccs1.I. The van der Waals surface area contributed by atoms with Crippen LogP contribution in [0.25, 0.3) is 0 Å². The van der Waals surface area contributed by atoms with Crippen molar-refractivity contribution in [3.05, 3.63) is 22.4 Å². The first kappa shape index (κ1) is 22.7. The van der Waals surface area contributed by atoms with Crippen LogP contribution in [0.1, 0.15) is 32.6 Å². The molecule has 1 aromatic heterocycles. The quantitative estimate of drug-likeness (QED) is 0.343. The molecule has 2 N–H and O–H groups in total. The Morgan fingerprint density at radius 1 is 1.22 bits per heavy atom. The molecule has 1 heterocycles. The molecule has 0 radical (unpaired) electrons. The lowest BCUT2D eigenvalue weighted by molar-refractivity contribution is 0.231. The number of nitrogens with zero attached hydrogens (tertiary/aromatic N) is 2. The monoisotopic (exact) mass is 452 g/mol. The van der Waals surface area contributed by atoms with Gasteiger partial charge in [0.1, 0.15) is 0 Å². The number of hydrogen-bond acceptors (Lipinski definition) is 3. The van der Waals surface area contributed by atoms with Crippen LogP contribution in [-0.4, -0.2) is 50.1 Å². The fraction of sp³-hybridized carbons (Fsp3) is 0.706. The van der Waals surface area contributed by atoms with Gasteiger partial charge in [0, 0.05) is 31.1 Å². The number of halogens is 1. The van der Waals surface area contributed by atoms with E-state index in [0.29, 0.717) is 12.0 Å². The van der Waals surface area contributed by atoms with Gasteiger partial charge in [0.25, 0.3) is 0 Å². The summed E-state index contributed by atoms with van der Waals surface area (Å²) >= 11 is 1.83. The molecule has 1 rings (SSSR count). The third kappa shape index (κ3) is 8.91. The maximum Gasteiger partial charge on any atom is 0.191 e. The molecule has 0 saturated heterocycles. The molecule has 2 unspecified atom stereocenters. The van der Waals surface area contributed by atoms with E-state index < -0.39 is 0 Å². The maximum absolute atomic E-state index is 4.32.